The zero-order valence-corrected chi connectivity index (χ0v) is 15.1. The van der Waals surface area contributed by atoms with Crippen molar-refractivity contribution >= 4 is 54.5 Å². The van der Waals surface area contributed by atoms with Gasteiger partial charge in [0, 0.05) is 27.8 Å². The Balaban J connectivity index is 2.08. The molecule has 0 saturated heterocycles. The molecule has 0 saturated carbocycles. The van der Waals surface area contributed by atoms with Crippen LogP contribution in [0.25, 0.3) is 11.0 Å². The Hall–Kier alpha value is -0.840. The molecule has 2 aromatic carbocycles. The molecule has 0 radical (unpaired) electrons. The standard InChI is InChI=1S/C16H13Br2ClN2/c17-12-3-1-2-11(8-12)10-21-15-5-4-13(18)9-14(15)20-16(21)6-7-19/h1-5,8-9H,6-7,10H2. The largest absolute Gasteiger partial charge is 0.323 e. The van der Waals surface area contributed by atoms with Crippen LogP contribution in [0.1, 0.15) is 11.4 Å². The van der Waals surface area contributed by atoms with Gasteiger partial charge < -0.3 is 4.57 Å². The van der Waals surface area contributed by atoms with Crippen molar-refractivity contribution in [1.82, 2.24) is 9.55 Å². The predicted molar refractivity (Wildman–Crippen MR) is 95.1 cm³/mol. The Kier molecular flexibility index (Phi) is 4.67. The summed E-state index contributed by atoms with van der Waals surface area (Å²) < 4.78 is 4.37. The van der Waals surface area contributed by atoms with Crippen LogP contribution < -0.4 is 0 Å². The molecular formula is C16H13Br2ClN2. The first kappa shape index (κ1) is 15.1. The third-order valence-electron chi connectivity index (χ3n) is 3.34. The molecule has 1 heterocycles. The van der Waals surface area contributed by atoms with Gasteiger partial charge in [0.25, 0.3) is 0 Å². The summed E-state index contributed by atoms with van der Waals surface area (Å²) in [7, 11) is 0. The number of aryl methyl sites for hydroxylation is 1. The molecule has 0 unspecified atom stereocenters. The van der Waals surface area contributed by atoms with Gasteiger partial charge in [-0.05, 0) is 35.9 Å². The summed E-state index contributed by atoms with van der Waals surface area (Å²) in [4.78, 5) is 4.72. The van der Waals surface area contributed by atoms with E-state index in [0.29, 0.717) is 5.88 Å². The van der Waals surface area contributed by atoms with Crippen LogP contribution in [0.15, 0.2) is 51.4 Å². The Morgan fingerprint density at radius 3 is 2.62 bits per heavy atom. The minimum Gasteiger partial charge on any atom is -0.323 e. The number of halogens is 3. The van der Waals surface area contributed by atoms with E-state index in [9.17, 15) is 0 Å². The van der Waals surface area contributed by atoms with E-state index >= 15 is 0 Å². The van der Waals surface area contributed by atoms with Crippen LogP contribution in [-0.4, -0.2) is 15.4 Å². The second-order valence-corrected chi connectivity index (χ2v) is 7.03. The molecule has 0 aliphatic rings. The van der Waals surface area contributed by atoms with E-state index in [4.69, 9.17) is 16.6 Å². The highest BCUT2D eigenvalue weighted by Gasteiger charge is 2.11. The fourth-order valence-electron chi connectivity index (χ4n) is 2.42. The number of aromatic nitrogens is 2. The molecule has 0 aliphatic heterocycles. The van der Waals surface area contributed by atoms with Gasteiger partial charge in [-0.25, -0.2) is 4.98 Å². The minimum absolute atomic E-state index is 0.572. The minimum atomic E-state index is 0.572. The highest BCUT2D eigenvalue weighted by atomic mass is 79.9. The van der Waals surface area contributed by atoms with Crippen molar-refractivity contribution in [3.63, 3.8) is 0 Å². The molecule has 21 heavy (non-hydrogen) atoms. The number of hydrogen-bond acceptors (Lipinski definition) is 1. The normalized spacial score (nSPS) is 11.2. The molecule has 0 aliphatic carbocycles. The van der Waals surface area contributed by atoms with Crippen molar-refractivity contribution < 1.29 is 0 Å². The van der Waals surface area contributed by atoms with Gasteiger partial charge >= 0.3 is 0 Å². The molecule has 0 atom stereocenters. The third kappa shape index (κ3) is 3.33. The average Bonchev–Trinajstić information content (AvgIpc) is 2.76. The van der Waals surface area contributed by atoms with Crippen LogP contribution in [0.2, 0.25) is 0 Å². The van der Waals surface area contributed by atoms with Crippen molar-refractivity contribution in [2.45, 2.75) is 13.0 Å². The summed E-state index contributed by atoms with van der Waals surface area (Å²) in [5, 5.41) is 0. The first-order valence-electron chi connectivity index (χ1n) is 6.62. The topological polar surface area (TPSA) is 17.8 Å². The maximum absolute atomic E-state index is 5.92. The molecule has 2 nitrogen and oxygen atoms in total. The second-order valence-electron chi connectivity index (χ2n) is 4.82. The fourth-order valence-corrected chi connectivity index (χ4v) is 3.39. The third-order valence-corrected chi connectivity index (χ3v) is 4.51. The summed E-state index contributed by atoms with van der Waals surface area (Å²) in [5.41, 5.74) is 3.38. The van der Waals surface area contributed by atoms with E-state index in [0.717, 1.165) is 38.8 Å². The smallest absolute Gasteiger partial charge is 0.111 e. The fraction of sp³-hybridized carbons (Fsp3) is 0.188. The van der Waals surface area contributed by atoms with E-state index < -0.39 is 0 Å². The van der Waals surface area contributed by atoms with Gasteiger partial charge in [-0.3, -0.25) is 0 Å². The second kappa shape index (κ2) is 6.51. The Morgan fingerprint density at radius 2 is 1.86 bits per heavy atom. The molecule has 0 spiro atoms. The van der Waals surface area contributed by atoms with Gasteiger partial charge in [-0.1, -0.05) is 44.0 Å². The maximum atomic E-state index is 5.92. The van der Waals surface area contributed by atoms with Crippen LogP contribution in [0, 0.1) is 0 Å². The molecule has 0 fully saturated rings. The van der Waals surface area contributed by atoms with E-state index in [1.165, 1.54) is 5.56 Å². The highest BCUT2D eigenvalue weighted by Crippen LogP contribution is 2.23. The first-order chi connectivity index (χ1) is 10.2. The van der Waals surface area contributed by atoms with Crippen LogP contribution in [0.5, 0.6) is 0 Å². The number of hydrogen-bond donors (Lipinski definition) is 0. The maximum Gasteiger partial charge on any atom is 0.111 e. The summed E-state index contributed by atoms with van der Waals surface area (Å²) in [6.07, 6.45) is 0.766. The van der Waals surface area contributed by atoms with Crippen LogP contribution in [0.3, 0.4) is 0 Å². The van der Waals surface area contributed by atoms with Gasteiger partial charge in [-0.15, -0.1) is 11.6 Å². The number of alkyl halides is 1. The van der Waals surface area contributed by atoms with Crippen molar-refractivity contribution in [3.05, 3.63) is 62.8 Å². The van der Waals surface area contributed by atoms with E-state index in [1.807, 2.05) is 18.2 Å². The lowest BCUT2D eigenvalue weighted by Crippen LogP contribution is -2.06. The van der Waals surface area contributed by atoms with Crippen molar-refractivity contribution in [2.75, 3.05) is 5.88 Å². The number of rotatable bonds is 4. The average molecular weight is 429 g/mol. The van der Waals surface area contributed by atoms with Crippen LogP contribution in [0.4, 0.5) is 0 Å². The van der Waals surface area contributed by atoms with Gasteiger partial charge in [0.05, 0.1) is 11.0 Å². The van der Waals surface area contributed by atoms with Crippen molar-refractivity contribution in [1.29, 1.82) is 0 Å². The highest BCUT2D eigenvalue weighted by molar-refractivity contribution is 9.10. The lowest BCUT2D eigenvalue weighted by molar-refractivity contribution is 0.754. The molecule has 0 N–H and O–H groups in total. The lowest BCUT2D eigenvalue weighted by Gasteiger charge is -2.09. The van der Waals surface area contributed by atoms with E-state index in [-0.39, 0.29) is 0 Å². The summed E-state index contributed by atoms with van der Waals surface area (Å²) in [6.45, 7) is 0.795. The summed E-state index contributed by atoms with van der Waals surface area (Å²) in [5.74, 6) is 1.60. The van der Waals surface area contributed by atoms with E-state index in [2.05, 4.69) is 60.7 Å². The Bertz CT molecular complexity index is 783. The van der Waals surface area contributed by atoms with Crippen molar-refractivity contribution in [3.8, 4) is 0 Å². The van der Waals surface area contributed by atoms with Gasteiger partial charge in [-0.2, -0.15) is 0 Å². The van der Waals surface area contributed by atoms with E-state index in [1.54, 1.807) is 0 Å². The van der Waals surface area contributed by atoms with Gasteiger partial charge in [0.2, 0.25) is 0 Å². The van der Waals surface area contributed by atoms with Gasteiger partial charge in [0.1, 0.15) is 5.82 Å². The Labute approximate surface area is 145 Å². The lowest BCUT2D eigenvalue weighted by atomic mass is 10.2. The molecular weight excluding hydrogens is 415 g/mol. The monoisotopic (exact) mass is 426 g/mol. The zero-order valence-electron chi connectivity index (χ0n) is 11.2. The summed E-state index contributed by atoms with van der Waals surface area (Å²) in [6, 6.07) is 14.5. The van der Waals surface area contributed by atoms with Crippen molar-refractivity contribution in [2.24, 2.45) is 0 Å². The van der Waals surface area contributed by atoms with Crippen LogP contribution in [-0.2, 0) is 13.0 Å². The molecule has 1 aromatic heterocycles. The number of fused-ring (bicyclic) bond motifs is 1. The zero-order chi connectivity index (χ0) is 14.8. The van der Waals surface area contributed by atoms with Gasteiger partial charge in [0.15, 0.2) is 0 Å². The SMILES string of the molecule is ClCCc1nc2cc(Br)ccc2n1Cc1cccc(Br)c1. The number of benzene rings is 2. The summed E-state index contributed by atoms with van der Waals surface area (Å²) >= 11 is 12.9. The molecule has 3 aromatic rings. The quantitative estimate of drug-likeness (QED) is 0.510. The molecule has 5 heteroatoms. The number of imidazole rings is 1. The predicted octanol–water partition coefficient (Wildman–Crippen LogP) is 5.39. The Morgan fingerprint density at radius 1 is 1.05 bits per heavy atom. The molecule has 0 bridgehead atoms. The number of nitrogens with zero attached hydrogens (tertiary/aromatic N) is 2. The molecule has 0 amide bonds. The first-order valence-corrected chi connectivity index (χ1v) is 8.74. The molecule has 108 valence electrons. The van der Waals surface area contributed by atoms with Crippen LogP contribution >= 0.6 is 43.5 Å². The molecule has 3 rings (SSSR count).